The Balaban J connectivity index is 2.70. The Bertz CT molecular complexity index is 427. The van der Waals surface area contributed by atoms with Crippen LogP contribution in [0.4, 0.5) is 0 Å². The fraction of sp³-hybridized carbons (Fsp3) is 0.692. The molecule has 0 bridgehead atoms. The zero-order valence-corrected chi connectivity index (χ0v) is 12.1. The number of rotatable bonds is 9. The van der Waals surface area contributed by atoms with Crippen LogP contribution >= 0.6 is 0 Å². The van der Waals surface area contributed by atoms with Gasteiger partial charge in [-0.25, -0.2) is 0 Å². The third-order valence-corrected chi connectivity index (χ3v) is 3.26. The van der Waals surface area contributed by atoms with Crippen molar-refractivity contribution >= 4 is 0 Å². The minimum atomic E-state index is -1.59. The van der Waals surface area contributed by atoms with Crippen molar-refractivity contribution in [3.63, 3.8) is 0 Å². The Hall–Kier alpha value is -1.20. The summed E-state index contributed by atoms with van der Waals surface area (Å²) in [6.45, 7) is -1.04. The van der Waals surface area contributed by atoms with Gasteiger partial charge in [-0.3, -0.25) is 9.97 Å². The molecule has 0 radical (unpaired) electrons. The predicted octanol–water partition coefficient (Wildman–Crippen LogP) is -2.87. The molecule has 0 aliphatic carbocycles. The van der Waals surface area contributed by atoms with Crippen molar-refractivity contribution in [3.8, 4) is 0 Å². The quantitative estimate of drug-likeness (QED) is 0.282. The molecule has 5 atom stereocenters. The summed E-state index contributed by atoms with van der Waals surface area (Å²) >= 11 is 0. The van der Waals surface area contributed by atoms with Gasteiger partial charge in [-0.1, -0.05) is 0 Å². The molecule has 0 spiro atoms. The summed E-state index contributed by atoms with van der Waals surface area (Å²) in [4.78, 5) is 7.88. The smallest absolute Gasteiger partial charge is 0.126 e. The first-order valence-corrected chi connectivity index (χ1v) is 6.72. The van der Waals surface area contributed by atoms with Crippen LogP contribution in [-0.2, 0) is 11.2 Å². The van der Waals surface area contributed by atoms with Crippen LogP contribution in [0.15, 0.2) is 12.4 Å². The Morgan fingerprint density at radius 2 is 1.68 bits per heavy atom. The summed E-state index contributed by atoms with van der Waals surface area (Å²) in [5.41, 5.74) is 0.417. The molecule has 0 unspecified atom stereocenters. The van der Waals surface area contributed by atoms with Crippen LogP contribution in [0.2, 0.25) is 0 Å². The number of aliphatic hydroxyl groups is 6. The molecule has 6 N–H and O–H groups in total. The number of aromatic nitrogens is 2. The van der Waals surface area contributed by atoms with Crippen molar-refractivity contribution in [3.05, 3.63) is 23.8 Å². The van der Waals surface area contributed by atoms with E-state index in [1.54, 1.807) is 0 Å². The minimum Gasteiger partial charge on any atom is -0.394 e. The molecule has 9 heteroatoms. The highest BCUT2D eigenvalue weighted by Gasteiger charge is 2.27. The molecule has 0 aromatic carbocycles. The van der Waals surface area contributed by atoms with Crippen LogP contribution in [0.25, 0.3) is 0 Å². The van der Waals surface area contributed by atoms with E-state index >= 15 is 0 Å². The van der Waals surface area contributed by atoms with Crippen molar-refractivity contribution in [1.29, 1.82) is 0 Å². The van der Waals surface area contributed by atoms with Crippen LogP contribution in [0, 0.1) is 0 Å². The SMILES string of the molecule is CO[C@H](CO)[C@@H](O)Cc1cnc([C@@H](O)[C@H](O)[C@H](O)CO)cn1. The number of ether oxygens (including phenoxy) is 1. The van der Waals surface area contributed by atoms with E-state index in [2.05, 4.69) is 9.97 Å². The van der Waals surface area contributed by atoms with Gasteiger partial charge in [-0.05, 0) is 0 Å². The van der Waals surface area contributed by atoms with Gasteiger partial charge in [0.2, 0.25) is 0 Å². The molecule has 0 saturated heterocycles. The first kappa shape index (κ1) is 18.8. The first-order chi connectivity index (χ1) is 10.4. The third kappa shape index (κ3) is 4.92. The predicted molar refractivity (Wildman–Crippen MR) is 73.7 cm³/mol. The van der Waals surface area contributed by atoms with Gasteiger partial charge in [-0.15, -0.1) is 0 Å². The van der Waals surface area contributed by atoms with E-state index in [-0.39, 0.29) is 18.7 Å². The second-order valence-electron chi connectivity index (χ2n) is 4.85. The van der Waals surface area contributed by atoms with Gasteiger partial charge in [0.1, 0.15) is 24.4 Å². The van der Waals surface area contributed by atoms with Gasteiger partial charge in [0, 0.05) is 19.7 Å². The summed E-state index contributed by atoms with van der Waals surface area (Å²) in [6, 6.07) is 0. The van der Waals surface area contributed by atoms with Gasteiger partial charge in [-0.2, -0.15) is 0 Å². The van der Waals surface area contributed by atoms with Gasteiger partial charge >= 0.3 is 0 Å². The topological polar surface area (TPSA) is 156 Å². The van der Waals surface area contributed by atoms with Crippen molar-refractivity contribution in [1.82, 2.24) is 9.97 Å². The fourth-order valence-electron chi connectivity index (χ4n) is 1.82. The average molecular weight is 318 g/mol. The summed E-state index contributed by atoms with van der Waals surface area (Å²) in [7, 11) is 1.36. The van der Waals surface area contributed by atoms with Crippen LogP contribution in [0.5, 0.6) is 0 Å². The van der Waals surface area contributed by atoms with Gasteiger partial charge in [0.05, 0.1) is 36.9 Å². The van der Waals surface area contributed by atoms with Crippen molar-refractivity contribution < 1.29 is 35.4 Å². The monoisotopic (exact) mass is 318 g/mol. The highest BCUT2D eigenvalue weighted by molar-refractivity contribution is 5.08. The lowest BCUT2D eigenvalue weighted by molar-refractivity contribution is -0.0790. The number of hydrogen-bond donors (Lipinski definition) is 6. The largest absolute Gasteiger partial charge is 0.394 e. The Labute approximate surface area is 127 Å². The van der Waals surface area contributed by atoms with E-state index in [1.165, 1.54) is 19.5 Å². The zero-order chi connectivity index (χ0) is 16.7. The lowest BCUT2D eigenvalue weighted by Crippen LogP contribution is -2.35. The maximum atomic E-state index is 9.83. The van der Waals surface area contributed by atoms with E-state index in [0.29, 0.717) is 5.69 Å². The highest BCUT2D eigenvalue weighted by atomic mass is 16.5. The molecule has 0 aliphatic heterocycles. The molecule has 0 amide bonds. The third-order valence-electron chi connectivity index (χ3n) is 3.26. The normalized spacial score (nSPS) is 18.5. The molecule has 1 heterocycles. The van der Waals surface area contributed by atoms with Crippen molar-refractivity contribution in [2.45, 2.75) is 36.9 Å². The zero-order valence-electron chi connectivity index (χ0n) is 12.1. The molecular formula is C13H22N2O7. The lowest BCUT2D eigenvalue weighted by atomic mass is 10.1. The molecular weight excluding hydrogens is 296 g/mol. The van der Waals surface area contributed by atoms with Gasteiger partial charge in [0.15, 0.2) is 0 Å². The second-order valence-corrected chi connectivity index (χ2v) is 4.85. The summed E-state index contributed by atoms with van der Waals surface area (Å²) in [5.74, 6) is 0. The average Bonchev–Trinajstić information content (AvgIpc) is 2.54. The molecule has 126 valence electrons. The Morgan fingerprint density at radius 1 is 1.00 bits per heavy atom. The number of methoxy groups -OCH3 is 1. The molecule has 0 aliphatic rings. The van der Waals surface area contributed by atoms with Gasteiger partial charge < -0.3 is 35.4 Å². The standard InChI is InChI=1S/C13H22N2O7/c1-22-11(6-17)9(18)2-7-3-15-8(4-14-7)12(20)13(21)10(19)5-16/h3-4,9-13,16-21H,2,5-6H2,1H3/t9-,10+,11+,12+,13+/m0/s1. The molecule has 22 heavy (non-hydrogen) atoms. The number of hydrogen-bond acceptors (Lipinski definition) is 9. The van der Waals surface area contributed by atoms with Crippen LogP contribution in [0.1, 0.15) is 17.5 Å². The van der Waals surface area contributed by atoms with Crippen LogP contribution in [0.3, 0.4) is 0 Å². The number of aliphatic hydroxyl groups excluding tert-OH is 6. The van der Waals surface area contributed by atoms with Crippen molar-refractivity contribution in [2.75, 3.05) is 20.3 Å². The van der Waals surface area contributed by atoms with E-state index in [1.807, 2.05) is 0 Å². The Kier molecular flexibility index (Phi) is 7.76. The van der Waals surface area contributed by atoms with E-state index in [9.17, 15) is 20.4 Å². The highest BCUT2D eigenvalue weighted by Crippen LogP contribution is 2.16. The second kappa shape index (κ2) is 9.06. The molecule has 1 rings (SSSR count). The van der Waals surface area contributed by atoms with Gasteiger partial charge in [0.25, 0.3) is 0 Å². The fourth-order valence-corrected chi connectivity index (χ4v) is 1.82. The van der Waals surface area contributed by atoms with E-state index in [0.717, 1.165) is 0 Å². The molecule has 1 aromatic heterocycles. The molecule has 0 fully saturated rings. The van der Waals surface area contributed by atoms with Crippen LogP contribution < -0.4 is 0 Å². The number of nitrogens with zero attached hydrogens (tertiary/aromatic N) is 2. The molecule has 0 saturated carbocycles. The maximum Gasteiger partial charge on any atom is 0.126 e. The summed E-state index contributed by atoms with van der Waals surface area (Å²) < 4.78 is 4.89. The molecule has 1 aromatic rings. The first-order valence-electron chi connectivity index (χ1n) is 6.72. The van der Waals surface area contributed by atoms with Crippen molar-refractivity contribution in [2.24, 2.45) is 0 Å². The Morgan fingerprint density at radius 3 is 2.14 bits per heavy atom. The summed E-state index contributed by atoms with van der Waals surface area (Å²) in [6.07, 6.45) is -3.73. The maximum absolute atomic E-state index is 9.83. The lowest BCUT2D eigenvalue weighted by Gasteiger charge is -2.21. The summed E-state index contributed by atoms with van der Waals surface area (Å²) in [5, 5.41) is 56.2. The molecule has 9 nitrogen and oxygen atoms in total. The minimum absolute atomic E-state index is 0.0173. The van der Waals surface area contributed by atoms with Crippen LogP contribution in [-0.4, -0.2) is 85.3 Å². The van der Waals surface area contributed by atoms with E-state index < -0.39 is 37.1 Å². The van der Waals surface area contributed by atoms with E-state index in [4.69, 9.17) is 14.9 Å².